The number of aromatic nitrogens is 1. The van der Waals surface area contributed by atoms with Crippen LogP contribution in [0.2, 0.25) is 0 Å². The first-order valence-corrected chi connectivity index (χ1v) is 8.82. The monoisotopic (exact) mass is 336 g/mol. The fourth-order valence-electron chi connectivity index (χ4n) is 2.09. The average Bonchev–Trinajstić information content (AvgIpc) is 2.46. The number of pyridine rings is 1. The van der Waals surface area contributed by atoms with E-state index in [4.69, 9.17) is 5.73 Å². The van der Waals surface area contributed by atoms with Crippen molar-refractivity contribution in [3.63, 3.8) is 0 Å². The highest BCUT2D eigenvalue weighted by atomic mass is 32.2. The number of nitrogens with two attached hydrogens (primary N) is 1. The minimum absolute atomic E-state index is 0.329. The molecule has 1 atom stereocenters. The molecule has 0 fully saturated rings. The van der Waals surface area contributed by atoms with Gasteiger partial charge in [0.05, 0.1) is 12.4 Å². The smallest absolute Gasteiger partial charge is 0.229 e. The van der Waals surface area contributed by atoms with Crippen molar-refractivity contribution in [3.8, 4) is 0 Å². The molecule has 2 rings (SSSR count). The number of benzene rings is 1. The van der Waals surface area contributed by atoms with E-state index in [-0.39, 0.29) is 0 Å². The summed E-state index contributed by atoms with van der Waals surface area (Å²) in [6, 6.07) is 10.0. The number of hydrogen-bond acceptors (Lipinski definition) is 6. The van der Waals surface area contributed by atoms with Gasteiger partial charge in [0.25, 0.3) is 0 Å². The van der Waals surface area contributed by atoms with Gasteiger partial charge in [0, 0.05) is 37.2 Å². The van der Waals surface area contributed by atoms with E-state index in [2.05, 4.69) is 9.71 Å². The highest BCUT2D eigenvalue weighted by molar-refractivity contribution is 7.92. The predicted molar refractivity (Wildman–Crippen MR) is 91.8 cm³/mol. The lowest BCUT2D eigenvalue weighted by Crippen LogP contribution is -2.25. The summed E-state index contributed by atoms with van der Waals surface area (Å²) in [5.74, 6) is 0.666. The average molecular weight is 336 g/mol. The summed E-state index contributed by atoms with van der Waals surface area (Å²) < 4.78 is 24.7. The molecule has 7 nitrogen and oxygen atoms in total. The number of nitrogens with one attached hydrogen (secondary N) is 1. The number of nitrogens with zero attached hydrogens (tertiary/aromatic N) is 2. The van der Waals surface area contributed by atoms with Gasteiger partial charge in [-0.3, -0.25) is 4.72 Å². The van der Waals surface area contributed by atoms with Crippen molar-refractivity contribution in [3.05, 3.63) is 48.2 Å². The summed E-state index contributed by atoms with van der Waals surface area (Å²) in [6.45, 7) is 0.329. The number of aliphatic hydroxyl groups excluding tert-OH is 1. The van der Waals surface area contributed by atoms with Crippen molar-refractivity contribution in [2.24, 2.45) is 0 Å². The Hall–Kier alpha value is -2.32. The van der Waals surface area contributed by atoms with Gasteiger partial charge in [0.15, 0.2) is 0 Å². The van der Waals surface area contributed by atoms with E-state index >= 15 is 0 Å². The van der Waals surface area contributed by atoms with Crippen LogP contribution in [-0.2, 0) is 10.0 Å². The van der Waals surface area contributed by atoms with Gasteiger partial charge in [0.2, 0.25) is 10.0 Å². The van der Waals surface area contributed by atoms with Gasteiger partial charge in [-0.25, -0.2) is 13.4 Å². The lowest BCUT2D eigenvalue weighted by molar-refractivity contribution is 0.185. The molecule has 8 heteroatoms. The number of likely N-dealkylation sites (N-methyl/N-ethyl adjacent to an activating group) is 1. The van der Waals surface area contributed by atoms with E-state index in [0.717, 1.165) is 6.26 Å². The van der Waals surface area contributed by atoms with Crippen LogP contribution in [0.3, 0.4) is 0 Å². The van der Waals surface area contributed by atoms with Crippen molar-refractivity contribution in [1.82, 2.24) is 4.98 Å². The summed E-state index contributed by atoms with van der Waals surface area (Å²) in [5.41, 5.74) is 7.46. The first-order valence-electron chi connectivity index (χ1n) is 6.93. The zero-order chi connectivity index (χ0) is 17.0. The maximum Gasteiger partial charge on any atom is 0.229 e. The Morgan fingerprint density at radius 3 is 2.52 bits per heavy atom. The molecule has 124 valence electrons. The highest BCUT2D eigenvalue weighted by Gasteiger charge is 2.12. The second kappa shape index (κ2) is 6.84. The third-order valence-electron chi connectivity index (χ3n) is 3.21. The topological polar surface area (TPSA) is 109 Å². The molecular formula is C15H20N4O3S. The predicted octanol–water partition coefficient (Wildman–Crippen LogP) is 1.21. The fraction of sp³-hybridized carbons (Fsp3) is 0.267. The summed E-state index contributed by atoms with van der Waals surface area (Å²) >= 11 is 0. The van der Waals surface area contributed by atoms with Crippen molar-refractivity contribution < 1.29 is 13.5 Å². The van der Waals surface area contributed by atoms with Crippen LogP contribution in [0.1, 0.15) is 11.7 Å². The van der Waals surface area contributed by atoms with Crippen LogP contribution in [0.15, 0.2) is 42.6 Å². The van der Waals surface area contributed by atoms with Crippen molar-refractivity contribution >= 4 is 27.2 Å². The normalized spacial score (nSPS) is 12.7. The molecule has 0 radical (unpaired) electrons. The molecule has 0 saturated heterocycles. The minimum atomic E-state index is -3.31. The minimum Gasteiger partial charge on any atom is -0.399 e. The third kappa shape index (κ3) is 5.11. The van der Waals surface area contributed by atoms with Crippen LogP contribution >= 0.6 is 0 Å². The Labute approximate surface area is 135 Å². The SMILES string of the molecule is CN(CC(O)c1ccc(NS(C)(=O)=O)cc1)c1cc(N)ccn1. The second-order valence-electron chi connectivity index (χ2n) is 5.34. The van der Waals surface area contributed by atoms with Gasteiger partial charge in [0.1, 0.15) is 5.82 Å². The third-order valence-corrected chi connectivity index (χ3v) is 3.81. The molecule has 0 amide bonds. The Bertz CT molecular complexity index is 763. The Morgan fingerprint density at radius 2 is 1.96 bits per heavy atom. The van der Waals surface area contributed by atoms with Gasteiger partial charge < -0.3 is 15.7 Å². The van der Waals surface area contributed by atoms with Gasteiger partial charge in [-0.05, 0) is 23.8 Å². The zero-order valence-corrected chi connectivity index (χ0v) is 13.8. The molecule has 4 N–H and O–H groups in total. The van der Waals surface area contributed by atoms with Crippen LogP contribution in [0, 0.1) is 0 Å². The molecule has 0 spiro atoms. The summed E-state index contributed by atoms with van der Waals surface area (Å²) in [7, 11) is -1.50. The Balaban J connectivity index is 2.04. The molecule has 1 unspecified atom stereocenters. The number of hydrogen-bond donors (Lipinski definition) is 3. The standard InChI is InChI=1S/C15H20N4O3S/c1-19(15-9-12(16)7-8-17-15)10-14(20)11-3-5-13(6-4-11)18-23(2,21)22/h3-9,14,18,20H,10H2,1-2H3,(H2,16,17). The number of rotatable bonds is 6. The molecule has 0 aliphatic heterocycles. The molecule has 2 aromatic rings. The summed E-state index contributed by atoms with van der Waals surface area (Å²) in [4.78, 5) is 5.99. The van der Waals surface area contributed by atoms with Crippen LogP contribution in [-0.4, -0.2) is 38.4 Å². The van der Waals surface area contributed by atoms with Crippen molar-refractivity contribution in [2.75, 3.05) is 35.2 Å². The summed E-state index contributed by atoms with van der Waals surface area (Å²) in [6.07, 6.45) is 1.96. The zero-order valence-electron chi connectivity index (χ0n) is 13.0. The van der Waals surface area contributed by atoms with Crippen LogP contribution in [0.25, 0.3) is 0 Å². The van der Waals surface area contributed by atoms with E-state index in [1.165, 1.54) is 0 Å². The molecular weight excluding hydrogens is 316 g/mol. The lowest BCUT2D eigenvalue weighted by Gasteiger charge is -2.22. The molecule has 23 heavy (non-hydrogen) atoms. The molecule has 1 heterocycles. The quantitative estimate of drug-likeness (QED) is 0.731. The lowest BCUT2D eigenvalue weighted by atomic mass is 10.1. The van der Waals surface area contributed by atoms with E-state index in [0.29, 0.717) is 29.3 Å². The number of aliphatic hydroxyl groups is 1. The fourth-order valence-corrected chi connectivity index (χ4v) is 2.65. The van der Waals surface area contributed by atoms with Gasteiger partial charge in [-0.1, -0.05) is 12.1 Å². The number of nitrogen functional groups attached to an aromatic ring is 1. The van der Waals surface area contributed by atoms with E-state index in [1.807, 2.05) is 7.05 Å². The van der Waals surface area contributed by atoms with E-state index < -0.39 is 16.1 Å². The van der Waals surface area contributed by atoms with Crippen LogP contribution < -0.4 is 15.4 Å². The maximum atomic E-state index is 11.2. The molecule has 1 aromatic carbocycles. The number of sulfonamides is 1. The molecule has 1 aromatic heterocycles. The van der Waals surface area contributed by atoms with Crippen molar-refractivity contribution in [2.45, 2.75) is 6.10 Å². The van der Waals surface area contributed by atoms with E-state index in [9.17, 15) is 13.5 Å². The van der Waals surface area contributed by atoms with E-state index in [1.54, 1.807) is 47.5 Å². The van der Waals surface area contributed by atoms with Gasteiger partial charge >= 0.3 is 0 Å². The largest absolute Gasteiger partial charge is 0.399 e. The molecule has 0 aliphatic rings. The first kappa shape index (κ1) is 17.0. The Morgan fingerprint density at radius 1 is 1.30 bits per heavy atom. The second-order valence-corrected chi connectivity index (χ2v) is 7.09. The maximum absolute atomic E-state index is 11.2. The van der Waals surface area contributed by atoms with Gasteiger partial charge in [-0.2, -0.15) is 0 Å². The van der Waals surface area contributed by atoms with Crippen LogP contribution in [0.4, 0.5) is 17.2 Å². The molecule has 0 saturated carbocycles. The highest BCUT2D eigenvalue weighted by Crippen LogP contribution is 2.20. The number of anilines is 3. The van der Waals surface area contributed by atoms with Crippen molar-refractivity contribution in [1.29, 1.82) is 0 Å². The molecule has 0 aliphatic carbocycles. The Kier molecular flexibility index (Phi) is 5.07. The summed E-state index contributed by atoms with van der Waals surface area (Å²) in [5, 5.41) is 10.3. The van der Waals surface area contributed by atoms with Gasteiger partial charge in [-0.15, -0.1) is 0 Å². The molecule has 0 bridgehead atoms. The first-order chi connectivity index (χ1) is 10.7. The van der Waals surface area contributed by atoms with Crippen LogP contribution in [0.5, 0.6) is 0 Å².